The van der Waals surface area contributed by atoms with Gasteiger partial charge in [-0.05, 0) is 49.4 Å². The van der Waals surface area contributed by atoms with E-state index in [2.05, 4.69) is 15.4 Å². The van der Waals surface area contributed by atoms with Crippen LogP contribution in [0.15, 0.2) is 64.3 Å². The quantitative estimate of drug-likeness (QED) is 0.362. The van der Waals surface area contributed by atoms with Crippen LogP contribution in [0.4, 0.5) is 13.2 Å². The first-order chi connectivity index (χ1) is 14.8. The van der Waals surface area contributed by atoms with Crippen molar-refractivity contribution in [1.82, 2.24) is 19.9 Å². The van der Waals surface area contributed by atoms with Gasteiger partial charge in [0.05, 0.1) is 24.1 Å². The molecule has 31 heavy (non-hydrogen) atoms. The zero-order valence-electron chi connectivity index (χ0n) is 16.6. The molecule has 0 N–H and O–H groups in total. The topological polar surface area (TPSA) is 66.0 Å². The SMILES string of the molecule is COc1ccc(-c2nnc(SCc3cc(C)on3)n2-c2cccc(C(F)(F)F)c2)cc1. The van der Waals surface area contributed by atoms with Crippen molar-refractivity contribution >= 4 is 11.8 Å². The molecule has 2 heterocycles. The number of hydrogen-bond donors (Lipinski definition) is 0. The summed E-state index contributed by atoms with van der Waals surface area (Å²) in [5, 5.41) is 12.9. The Labute approximate surface area is 180 Å². The van der Waals surface area contributed by atoms with E-state index >= 15 is 0 Å². The lowest BCUT2D eigenvalue weighted by atomic mass is 10.1. The van der Waals surface area contributed by atoms with E-state index in [1.54, 1.807) is 55.0 Å². The molecule has 4 aromatic rings. The summed E-state index contributed by atoms with van der Waals surface area (Å²) in [6.07, 6.45) is -4.46. The largest absolute Gasteiger partial charge is 0.497 e. The first kappa shape index (κ1) is 21.0. The number of nitrogens with zero attached hydrogens (tertiary/aromatic N) is 4. The molecule has 0 aliphatic rings. The van der Waals surface area contributed by atoms with Crippen LogP contribution in [0.5, 0.6) is 5.75 Å². The number of aryl methyl sites for hydroxylation is 1. The van der Waals surface area contributed by atoms with Crippen molar-refractivity contribution in [1.29, 1.82) is 0 Å². The third-order valence-electron chi connectivity index (χ3n) is 4.44. The van der Waals surface area contributed by atoms with Crippen molar-refractivity contribution in [3.05, 3.63) is 71.6 Å². The molecule has 10 heteroatoms. The van der Waals surface area contributed by atoms with Gasteiger partial charge in [-0.25, -0.2) is 0 Å². The van der Waals surface area contributed by atoms with E-state index in [0.29, 0.717) is 45.2 Å². The molecule has 0 amide bonds. The zero-order valence-corrected chi connectivity index (χ0v) is 17.4. The van der Waals surface area contributed by atoms with E-state index in [9.17, 15) is 13.2 Å². The van der Waals surface area contributed by atoms with Gasteiger partial charge in [0.2, 0.25) is 0 Å². The van der Waals surface area contributed by atoms with Gasteiger partial charge in [-0.2, -0.15) is 13.2 Å². The highest BCUT2D eigenvalue weighted by Crippen LogP contribution is 2.34. The van der Waals surface area contributed by atoms with E-state index in [-0.39, 0.29) is 0 Å². The molecule has 0 fully saturated rings. The Kier molecular flexibility index (Phi) is 5.73. The predicted molar refractivity (Wildman–Crippen MR) is 109 cm³/mol. The van der Waals surface area contributed by atoms with Crippen molar-refractivity contribution in [3.63, 3.8) is 0 Å². The summed E-state index contributed by atoms with van der Waals surface area (Å²) >= 11 is 1.31. The molecule has 2 aromatic heterocycles. The molecule has 0 radical (unpaired) electrons. The van der Waals surface area contributed by atoms with Gasteiger partial charge in [0, 0.05) is 17.4 Å². The summed E-state index contributed by atoms with van der Waals surface area (Å²) in [4.78, 5) is 0. The van der Waals surface area contributed by atoms with Gasteiger partial charge >= 0.3 is 6.18 Å². The maximum atomic E-state index is 13.3. The summed E-state index contributed by atoms with van der Waals surface area (Å²) in [6, 6.07) is 13.9. The van der Waals surface area contributed by atoms with E-state index in [1.807, 2.05) is 0 Å². The summed E-state index contributed by atoms with van der Waals surface area (Å²) in [6.45, 7) is 1.79. The maximum absolute atomic E-state index is 13.3. The lowest BCUT2D eigenvalue weighted by molar-refractivity contribution is -0.137. The van der Waals surface area contributed by atoms with Gasteiger partial charge < -0.3 is 9.26 Å². The van der Waals surface area contributed by atoms with Gasteiger partial charge in [0.15, 0.2) is 11.0 Å². The molecule has 0 spiro atoms. The first-order valence-electron chi connectivity index (χ1n) is 9.17. The fraction of sp³-hybridized carbons (Fsp3) is 0.190. The monoisotopic (exact) mass is 446 g/mol. The van der Waals surface area contributed by atoms with Gasteiger partial charge in [0.25, 0.3) is 0 Å². The van der Waals surface area contributed by atoms with E-state index in [0.717, 1.165) is 12.1 Å². The summed E-state index contributed by atoms with van der Waals surface area (Å²) in [5.41, 5.74) is 0.953. The summed E-state index contributed by atoms with van der Waals surface area (Å²) in [5.74, 6) is 2.18. The predicted octanol–water partition coefficient (Wildman–Crippen LogP) is 5.55. The highest BCUT2D eigenvalue weighted by molar-refractivity contribution is 7.98. The van der Waals surface area contributed by atoms with Crippen molar-refractivity contribution in [2.75, 3.05) is 7.11 Å². The lowest BCUT2D eigenvalue weighted by Crippen LogP contribution is -2.07. The van der Waals surface area contributed by atoms with Crippen LogP contribution in [0.3, 0.4) is 0 Å². The molecule has 0 atom stereocenters. The highest BCUT2D eigenvalue weighted by atomic mass is 32.2. The van der Waals surface area contributed by atoms with Crippen molar-refractivity contribution in [2.24, 2.45) is 0 Å². The Bertz CT molecular complexity index is 1190. The van der Waals surface area contributed by atoms with Crippen LogP contribution in [0.1, 0.15) is 17.0 Å². The van der Waals surface area contributed by atoms with Crippen LogP contribution in [0, 0.1) is 6.92 Å². The zero-order chi connectivity index (χ0) is 22.0. The number of alkyl halides is 3. The molecule has 0 unspecified atom stereocenters. The third-order valence-corrected chi connectivity index (χ3v) is 5.40. The van der Waals surface area contributed by atoms with E-state index in [1.165, 1.54) is 17.8 Å². The van der Waals surface area contributed by atoms with Crippen LogP contribution in [0.25, 0.3) is 17.1 Å². The molecule has 6 nitrogen and oxygen atoms in total. The molecular weight excluding hydrogens is 429 g/mol. The second-order valence-corrected chi connectivity index (χ2v) is 7.58. The molecule has 0 saturated carbocycles. The van der Waals surface area contributed by atoms with E-state index < -0.39 is 11.7 Å². The molecule has 0 saturated heterocycles. The Morgan fingerprint density at radius 2 is 1.84 bits per heavy atom. The Hall–Kier alpha value is -3.27. The number of methoxy groups -OCH3 is 1. The summed E-state index contributed by atoms with van der Waals surface area (Å²) in [7, 11) is 1.56. The fourth-order valence-electron chi connectivity index (χ4n) is 2.97. The molecule has 0 aliphatic carbocycles. The standard InChI is InChI=1S/C21H17F3N4O2S/c1-13-10-16(27-30-13)12-31-20-26-25-19(14-6-8-18(29-2)9-7-14)28(20)17-5-3-4-15(11-17)21(22,23)24/h3-11H,12H2,1-2H3. The van der Waals surface area contributed by atoms with Crippen LogP contribution >= 0.6 is 11.8 Å². The summed E-state index contributed by atoms with van der Waals surface area (Å²) < 4.78 is 51.8. The van der Waals surface area contributed by atoms with Gasteiger partial charge in [-0.15, -0.1) is 10.2 Å². The molecule has 4 rings (SSSR count). The van der Waals surface area contributed by atoms with Crippen LogP contribution in [-0.2, 0) is 11.9 Å². The van der Waals surface area contributed by atoms with Gasteiger partial charge in [-0.3, -0.25) is 4.57 Å². The minimum Gasteiger partial charge on any atom is -0.497 e. The van der Waals surface area contributed by atoms with Crippen molar-refractivity contribution < 1.29 is 22.4 Å². The van der Waals surface area contributed by atoms with Gasteiger partial charge in [-0.1, -0.05) is 23.0 Å². The van der Waals surface area contributed by atoms with Gasteiger partial charge in [0.1, 0.15) is 11.5 Å². The average Bonchev–Trinajstić information content (AvgIpc) is 3.37. The first-order valence-corrected chi connectivity index (χ1v) is 10.2. The van der Waals surface area contributed by atoms with Crippen molar-refractivity contribution in [2.45, 2.75) is 24.0 Å². The second-order valence-electron chi connectivity index (χ2n) is 6.64. The second kappa shape index (κ2) is 8.46. The lowest BCUT2D eigenvalue weighted by Gasteiger charge is -2.13. The number of benzene rings is 2. The smallest absolute Gasteiger partial charge is 0.416 e. The average molecular weight is 446 g/mol. The highest BCUT2D eigenvalue weighted by Gasteiger charge is 2.31. The minimum absolute atomic E-state index is 0.310. The third kappa shape index (κ3) is 4.58. The number of aromatic nitrogens is 4. The Balaban J connectivity index is 1.77. The molecule has 160 valence electrons. The maximum Gasteiger partial charge on any atom is 0.416 e. The van der Waals surface area contributed by atoms with Crippen LogP contribution in [0.2, 0.25) is 0 Å². The normalized spacial score (nSPS) is 11.6. The molecular formula is C21H17F3N4O2S. The van der Waals surface area contributed by atoms with Crippen LogP contribution in [-0.4, -0.2) is 27.0 Å². The number of thioether (sulfide) groups is 1. The Morgan fingerprint density at radius 1 is 1.06 bits per heavy atom. The van der Waals surface area contributed by atoms with Crippen LogP contribution < -0.4 is 4.74 Å². The number of hydrogen-bond acceptors (Lipinski definition) is 6. The number of halogens is 3. The molecule has 2 aromatic carbocycles. The fourth-order valence-corrected chi connectivity index (χ4v) is 3.80. The Morgan fingerprint density at radius 3 is 2.48 bits per heavy atom. The number of rotatable bonds is 6. The molecule has 0 aliphatic heterocycles. The number of ether oxygens (including phenoxy) is 1. The molecule has 0 bridgehead atoms. The minimum atomic E-state index is -4.46. The van der Waals surface area contributed by atoms with Crippen molar-refractivity contribution in [3.8, 4) is 22.8 Å². The van der Waals surface area contributed by atoms with E-state index in [4.69, 9.17) is 9.26 Å².